The molecule has 0 bridgehead atoms. The number of nitrogens with one attached hydrogen (secondary N) is 3. The Balaban J connectivity index is 0.966. The van der Waals surface area contributed by atoms with Gasteiger partial charge in [0.25, 0.3) is 0 Å². The van der Waals surface area contributed by atoms with E-state index in [1.54, 1.807) is 16.9 Å². The fourth-order valence-electron chi connectivity index (χ4n) is 6.81. The zero-order valence-electron chi connectivity index (χ0n) is 32.0. The van der Waals surface area contributed by atoms with E-state index in [4.69, 9.17) is 24.3 Å². The highest BCUT2D eigenvalue weighted by atomic mass is 28.3. The fourth-order valence-corrected chi connectivity index (χ4v) is 7.78. The molecule has 13 nitrogen and oxygen atoms in total. The predicted octanol–water partition coefficient (Wildman–Crippen LogP) is 7.28. The van der Waals surface area contributed by atoms with Crippen LogP contribution >= 0.6 is 0 Å². The first-order valence-corrected chi connectivity index (χ1v) is 22.3. The third kappa shape index (κ3) is 8.42. The van der Waals surface area contributed by atoms with Gasteiger partial charge >= 0.3 is 6.03 Å². The van der Waals surface area contributed by atoms with E-state index in [1.165, 1.54) is 0 Å². The van der Waals surface area contributed by atoms with Crippen LogP contribution in [-0.4, -0.2) is 88.4 Å². The van der Waals surface area contributed by atoms with Crippen LogP contribution in [0.3, 0.4) is 0 Å². The van der Waals surface area contributed by atoms with Gasteiger partial charge < -0.3 is 19.5 Å². The van der Waals surface area contributed by atoms with Crippen molar-refractivity contribution in [2.45, 2.75) is 33.0 Å². The van der Waals surface area contributed by atoms with Crippen molar-refractivity contribution in [3.05, 3.63) is 114 Å². The van der Waals surface area contributed by atoms with Crippen molar-refractivity contribution >= 4 is 52.6 Å². The molecule has 0 radical (unpaired) electrons. The van der Waals surface area contributed by atoms with E-state index in [0.717, 1.165) is 82.4 Å². The number of rotatable bonds is 12. The molecule has 0 aliphatic carbocycles. The van der Waals surface area contributed by atoms with Gasteiger partial charge in [0.1, 0.15) is 37.8 Å². The van der Waals surface area contributed by atoms with Gasteiger partial charge in [-0.15, -0.1) is 0 Å². The van der Waals surface area contributed by atoms with Gasteiger partial charge in [-0.1, -0.05) is 50.0 Å². The molecule has 3 N–H and O–H groups in total. The largest absolute Gasteiger partial charge is 0.492 e. The molecule has 1 aliphatic heterocycles. The van der Waals surface area contributed by atoms with Crippen LogP contribution < -0.4 is 25.4 Å². The average Bonchev–Trinajstić information content (AvgIpc) is 3.85. The van der Waals surface area contributed by atoms with Gasteiger partial charge in [0, 0.05) is 59.8 Å². The Morgan fingerprint density at radius 1 is 0.946 bits per heavy atom. The molecule has 0 atom stereocenters. The highest BCUT2D eigenvalue weighted by molar-refractivity contribution is 6.88. The van der Waals surface area contributed by atoms with E-state index in [2.05, 4.69) is 69.4 Å². The number of aromatic nitrogens is 6. The first kappa shape index (κ1) is 36.9. The molecule has 8 rings (SSSR count). The molecule has 1 fully saturated rings. The van der Waals surface area contributed by atoms with Gasteiger partial charge in [-0.05, 0) is 66.6 Å². The minimum Gasteiger partial charge on any atom is -0.492 e. The summed E-state index contributed by atoms with van der Waals surface area (Å²) in [5.74, 6) is 3.04. The fraction of sp³-hybridized carbons (Fsp3) is 0.262. The van der Waals surface area contributed by atoms with E-state index < -0.39 is 8.07 Å². The van der Waals surface area contributed by atoms with E-state index in [0.29, 0.717) is 42.0 Å². The Labute approximate surface area is 326 Å². The van der Waals surface area contributed by atoms with Crippen LogP contribution in [0.5, 0.6) is 17.4 Å². The number of carbonyl (C=O) groups excluding carboxylic acids is 1. The summed E-state index contributed by atoms with van der Waals surface area (Å²) in [4.78, 5) is 25.2. The molecule has 0 saturated carbocycles. The molecule has 3 aromatic heterocycles. The van der Waals surface area contributed by atoms with E-state index in [-0.39, 0.29) is 6.03 Å². The van der Waals surface area contributed by atoms with Crippen LogP contribution in [0.25, 0.3) is 27.4 Å². The Hall–Kier alpha value is -6.09. The van der Waals surface area contributed by atoms with Gasteiger partial charge in [0.15, 0.2) is 0 Å². The molecular weight excluding hydrogens is 723 g/mol. The molecule has 286 valence electrons. The molecule has 0 unspecified atom stereocenters. The number of H-pyrrole nitrogens is 1. The summed E-state index contributed by atoms with van der Waals surface area (Å²) < 4.78 is 19.6. The van der Waals surface area contributed by atoms with Gasteiger partial charge in [-0.3, -0.25) is 15.3 Å². The number of urea groups is 1. The van der Waals surface area contributed by atoms with Crippen LogP contribution in [0, 0.1) is 6.92 Å². The molecule has 7 aromatic rings. The molecule has 1 saturated heterocycles. The average molecular weight is 768 g/mol. The summed E-state index contributed by atoms with van der Waals surface area (Å²) in [6, 6.07) is 26.8. The quantitative estimate of drug-likeness (QED) is 0.109. The Kier molecular flexibility index (Phi) is 10.5. The number of morpholine rings is 1. The monoisotopic (exact) mass is 767 g/mol. The molecule has 4 heterocycles. The predicted molar refractivity (Wildman–Crippen MR) is 222 cm³/mol. The first-order chi connectivity index (χ1) is 27.2. The molecular formula is C42H45N9O4Si. The lowest BCUT2D eigenvalue weighted by atomic mass is 10.1. The van der Waals surface area contributed by atoms with Crippen LogP contribution in [0.2, 0.25) is 19.6 Å². The SMILES string of the molecule is Cc1cc(Cc2nccc(Oc3ccc(NC(=O)Nc4cc([Si](C)(C)C)nn4-c4ccc(OCCN5CCOCC5)cc4)c4ccccc34)n2)cc2cn[nH]c12. The number of ether oxygens (including phenoxy) is 3. The van der Waals surface area contributed by atoms with Crippen molar-refractivity contribution in [3.63, 3.8) is 0 Å². The van der Waals surface area contributed by atoms with Crippen molar-refractivity contribution in [1.29, 1.82) is 0 Å². The topological polar surface area (TPSA) is 144 Å². The van der Waals surface area contributed by atoms with Crippen LogP contribution in [0.15, 0.2) is 97.3 Å². The minimum atomic E-state index is -1.82. The Bertz CT molecular complexity index is 2490. The summed E-state index contributed by atoms with van der Waals surface area (Å²) in [5, 5.41) is 22.0. The van der Waals surface area contributed by atoms with E-state index in [1.807, 2.05) is 72.9 Å². The first-order valence-electron chi connectivity index (χ1n) is 18.8. The second kappa shape index (κ2) is 15.9. The highest BCUT2D eigenvalue weighted by Crippen LogP contribution is 2.34. The van der Waals surface area contributed by atoms with Crippen molar-refractivity contribution in [1.82, 2.24) is 34.8 Å². The zero-order valence-corrected chi connectivity index (χ0v) is 33.0. The number of anilines is 2. The number of amides is 2. The summed E-state index contributed by atoms with van der Waals surface area (Å²) >= 11 is 0. The smallest absolute Gasteiger partial charge is 0.324 e. The van der Waals surface area contributed by atoms with Gasteiger partial charge in [-0.2, -0.15) is 15.2 Å². The normalized spacial score (nSPS) is 13.6. The maximum Gasteiger partial charge on any atom is 0.324 e. The molecule has 14 heteroatoms. The summed E-state index contributed by atoms with van der Waals surface area (Å²) in [5.41, 5.74) is 4.68. The summed E-state index contributed by atoms with van der Waals surface area (Å²) in [6.07, 6.45) is 4.08. The zero-order chi connectivity index (χ0) is 38.6. The second-order valence-electron chi connectivity index (χ2n) is 14.9. The van der Waals surface area contributed by atoms with E-state index >= 15 is 0 Å². The lowest BCUT2D eigenvalue weighted by molar-refractivity contribution is 0.0322. The van der Waals surface area contributed by atoms with Gasteiger partial charge in [0.05, 0.1) is 36.3 Å². The van der Waals surface area contributed by atoms with Gasteiger partial charge in [0.2, 0.25) is 5.88 Å². The molecule has 1 aliphatic rings. The second-order valence-corrected chi connectivity index (χ2v) is 20.0. The van der Waals surface area contributed by atoms with Gasteiger partial charge in [-0.25, -0.2) is 14.5 Å². The van der Waals surface area contributed by atoms with E-state index in [9.17, 15) is 4.79 Å². The molecule has 2 amide bonds. The standard InChI is InChI=1S/C42H45N9O4Si/c1-28-23-29(24-30-27-44-48-41(28)30)25-37-43-16-15-39(46-37)55-36-14-13-35(33-7-5-6-8-34(33)36)45-42(52)47-38-26-40(56(2,3)4)49-51(38)31-9-11-32(12-10-31)54-22-19-50-17-20-53-21-18-50/h5-16,23-24,26-27H,17-22,25H2,1-4H3,(H,44,48)(H2,45,47,52). The lowest BCUT2D eigenvalue weighted by Gasteiger charge is -2.26. The Morgan fingerprint density at radius 2 is 1.75 bits per heavy atom. The summed E-state index contributed by atoms with van der Waals surface area (Å²) in [6.45, 7) is 13.6. The van der Waals surface area contributed by atoms with Crippen molar-refractivity contribution < 1.29 is 19.0 Å². The van der Waals surface area contributed by atoms with Crippen molar-refractivity contribution in [2.75, 3.05) is 50.1 Å². The van der Waals surface area contributed by atoms with Crippen LogP contribution in [-0.2, 0) is 11.2 Å². The number of benzene rings is 4. The number of nitrogens with zero attached hydrogens (tertiary/aromatic N) is 6. The molecule has 4 aromatic carbocycles. The minimum absolute atomic E-state index is 0.389. The maximum atomic E-state index is 13.7. The number of carbonyl (C=O) groups is 1. The van der Waals surface area contributed by atoms with Crippen molar-refractivity contribution in [2.24, 2.45) is 0 Å². The third-order valence-electron chi connectivity index (χ3n) is 9.78. The molecule has 0 spiro atoms. The third-order valence-corrected chi connectivity index (χ3v) is 11.6. The molecule has 56 heavy (non-hydrogen) atoms. The number of hydrogen-bond acceptors (Lipinski definition) is 9. The number of aryl methyl sites for hydroxylation is 1. The Morgan fingerprint density at radius 3 is 2.55 bits per heavy atom. The van der Waals surface area contributed by atoms with Crippen LogP contribution in [0.4, 0.5) is 16.3 Å². The number of aromatic amines is 1. The lowest BCUT2D eigenvalue weighted by Crippen LogP contribution is -2.39. The number of fused-ring (bicyclic) bond motifs is 2. The number of hydrogen-bond donors (Lipinski definition) is 3. The maximum absolute atomic E-state index is 13.7. The van der Waals surface area contributed by atoms with Crippen LogP contribution in [0.1, 0.15) is 17.0 Å². The summed E-state index contributed by atoms with van der Waals surface area (Å²) in [7, 11) is -1.82. The van der Waals surface area contributed by atoms with Crippen molar-refractivity contribution in [3.8, 4) is 23.1 Å². The highest BCUT2D eigenvalue weighted by Gasteiger charge is 2.24.